The van der Waals surface area contributed by atoms with E-state index in [1.165, 1.54) is 11.5 Å². The van der Waals surface area contributed by atoms with Crippen molar-refractivity contribution in [1.82, 2.24) is 14.0 Å². The molecule has 0 aliphatic rings. The summed E-state index contributed by atoms with van der Waals surface area (Å²) in [4.78, 5) is 13.2. The van der Waals surface area contributed by atoms with Crippen LogP contribution in [0.4, 0.5) is 5.69 Å². The fourth-order valence-corrected chi connectivity index (χ4v) is 2.54. The molecule has 0 fully saturated rings. The summed E-state index contributed by atoms with van der Waals surface area (Å²) in [6.45, 7) is 3.81. The molecule has 1 amide bonds. The van der Waals surface area contributed by atoms with Gasteiger partial charge in [-0.2, -0.15) is 9.47 Å². The SMILES string of the molecule is Cc1nsc(C)c1NC(=O)c1cc2ccccn2n1. The molecule has 0 saturated carbocycles. The van der Waals surface area contributed by atoms with Gasteiger partial charge in [0.15, 0.2) is 5.69 Å². The number of anilines is 1. The van der Waals surface area contributed by atoms with E-state index in [1.54, 1.807) is 10.6 Å². The first-order valence-corrected chi connectivity index (χ1v) is 6.61. The van der Waals surface area contributed by atoms with Gasteiger partial charge in [-0.05, 0) is 43.6 Å². The van der Waals surface area contributed by atoms with Gasteiger partial charge in [-0.15, -0.1) is 0 Å². The summed E-state index contributed by atoms with van der Waals surface area (Å²) in [5, 5.41) is 7.11. The van der Waals surface area contributed by atoms with Crippen molar-refractivity contribution in [2.24, 2.45) is 0 Å². The van der Waals surface area contributed by atoms with Crippen LogP contribution in [0.15, 0.2) is 30.5 Å². The molecule has 0 aliphatic heterocycles. The smallest absolute Gasteiger partial charge is 0.276 e. The molecule has 0 unspecified atom stereocenters. The van der Waals surface area contributed by atoms with Crippen molar-refractivity contribution in [3.8, 4) is 0 Å². The molecule has 0 atom stereocenters. The Hall–Kier alpha value is -2.21. The van der Waals surface area contributed by atoms with Crippen LogP contribution in [0, 0.1) is 13.8 Å². The van der Waals surface area contributed by atoms with Crippen molar-refractivity contribution >= 4 is 28.6 Å². The number of hydrogen-bond donors (Lipinski definition) is 1. The van der Waals surface area contributed by atoms with E-state index in [0.29, 0.717) is 5.69 Å². The molecule has 3 aromatic rings. The Labute approximate surface area is 114 Å². The van der Waals surface area contributed by atoms with Gasteiger partial charge in [0.25, 0.3) is 5.91 Å². The molecule has 96 valence electrons. The van der Waals surface area contributed by atoms with Crippen LogP contribution in [0.2, 0.25) is 0 Å². The molecule has 0 saturated heterocycles. The van der Waals surface area contributed by atoms with Crippen molar-refractivity contribution in [1.29, 1.82) is 0 Å². The van der Waals surface area contributed by atoms with Gasteiger partial charge in [-0.25, -0.2) is 4.52 Å². The van der Waals surface area contributed by atoms with E-state index in [1.807, 2.05) is 38.2 Å². The van der Waals surface area contributed by atoms with Gasteiger partial charge in [-0.1, -0.05) is 6.07 Å². The standard InChI is InChI=1S/C13H12N4OS/c1-8-12(9(2)19-16-8)14-13(18)11-7-10-5-3-4-6-17(10)15-11/h3-7H,1-2H3,(H,14,18). The van der Waals surface area contributed by atoms with Crippen LogP contribution in [0.1, 0.15) is 21.1 Å². The van der Waals surface area contributed by atoms with Crippen molar-refractivity contribution in [3.05, 3.63) is 46.7 Å². The molecule has 6 heteroatoms. The Morgan fingerprint density at radius 3 is 2.89 bits per heavy atom. The topological polar surface area (TPSA) is 59.3 Å². The monoisotopic (exact) mass is 272 g/mol. The van der Waals surface area contributed by atoms with Crippen molar-refractivity contribution < 1.29 is 4.79 Å². The van der Waals surface area contributed by atoms with Gasteiger partial charge in [0.1, 0.15) is 0 Å². The van der Waals surface area contributed by atoms with Crippen LogP contribution in [-0.4, -0.2) is 19.9 Å². The zero-order valence-corrected chi connectivity index (χ0v) is 11.4. The maximum Gasteiger partial charge on any atom is 0.276 e. The minimum absolute atomic E-state index is 0.213. The van der Waals surface area contributed by atoms with Crippen LogP contribution in [0.25, 0.3) is 5.52 Å². The first kappa shape index (κ1) is 11.9. The third-order valence-electron chi connectivity index (χ3n) is 2.87. The number of rotatable bonds is 2. The second kappa shape index (κ2) is 4.47. The average molecular weight is 272 g/mol. The number of aryl methyl sites for hydroxylation is 2. The van der Waals surface area contributed by atoms with Gasteiger partial charge in [0.05, 0.1) is 16.9 Å². The van der Waals surface area contributed by atoms with Gasteiger partial charge in [0.2, 0.25) is 0 Å². The maximum absolute atomic E-state index is 12.2. The highest BCUT2D eigenvalue weighted by atomic mass is 32.1. The predicted molar refractivity (Wildman–Crippen MR) is 74.7 cm³/mol. The second-order valence-corrected chi connectivity index (χ2v) is 5.23. The predicted octanol–water partition coefficient (Wildman–Crippen LogP) is 2.66. The minimum Gasteiger partial charge on any atom is -0.318 e. The Morgan fingerprint density at radius 2 is 2.21 bits per heavy atom. The lowest BCUT2D eigenvalue weighted by Crippen LogP contribution is -2.13. The zero-order chi connectivity index (χ0) is 13.4. The first-order valence-electron chi connectivity index (χ1n) is 5.84. The molecule has 0 radical (unpaired) electrons. The Balaban J connectivity index is 1.92. The molecule has 5 nitrogen and oxygen atoms in total. The molecule has 3 heterocycles. The van der Waals surface area contributed by atoms with Crippen molar-refractivity contribution in [2.45, 2.75) is 13.8 Å². The van der Waals surface area contributed by atoms with Crippen molar-refractivity contribution in [2.75, 3.05) is 5.32 Å². The van der Waals surface area contributed by atoms with E-state index < -0.39 is 0 Å². The lowest BCUT2D eigenvalue weighted by atomic mass is 10.3. The van der Waals surface area contributed by atoms with Crippen LogP contribution in [0.3, 0.4) is 0 Å². The molecule has 3 aromatic heterocycles. The zero-order valence-electron chi connectivity index (χ0n) is 10.5. The summed E-state index contributed by atoms with van der Waals surface area (Å²) in [5.74, 6) is -0.213. The highest BCUT2D eigenvalue weighted by molar-refractivity contribution is 7.06. The molecule has 1 N–H and O–H groups in total. The summed E-state index contributed by atoms with van der Waals surface area (Å²) >= 11 is 1.38. The highest BCUT2D eigenvalue weighted by Gasteiger charge is 2.14. The Kier molecular flexibility index (Phi) is 2.79. The third-order valence-corrected chi connectivity index (χ3v) is 3.72. The van der Waals surface area contributed by atoms with Gasteiger partial charge in [0, 0.05) is 11.1 Å². The number of carbonyl (C=O) groups excluding carboxylic acids is 1. The number of hydrogen-bond acceptors (Lipinski definition) is 4. The second-order valence-electron chi connectivity index (χ2n) is 4.25. The average Bonchev–Trinajstić information content (AvgIpc) is 2.97. The van der Waals surface area contributed by atoms with Crippen molar-refractivity contribution in [3.63, 3.8) is 0 Å². The Morgan fingerprint density at radius 1 is 1.37 bits per heavy atom. The highest BCUT2D eigenvalue weighted by Crippen LogP contribution is 2.23. The molecular formula is C13H12N4OS. The normalized spacial score (nSPS) is 10.8. The van der Waals surface area contributed by atoms with E-state index in [2.05, 4.69) is 14.8 Å². The molecule has 0 spiro atoms. The molecule has 3 rings (SSSR count). The summed E-state index contributed by atoms with van der Waals surface area (Å²) in [7, 11) is 0. The fraction of sp³-hybridized carbons (Fsp3) is 0.154. The lowest BCUT2D eigenvalue weighted by Gasteiger charge is -2.02. The number of pyridine rings is 1. The van der Waals surface area contributed by atoms with Crippen LogP contribution < -0.4 is 5.32 Å². The maximum atomic E-state index is 12.2. The van der Waals surface area contributed by atoms with Gasteiger partial charge in [-0.3, -0.25) is 4.79 Å². The number of nitrogens with zero attached hydrogens (tertiary/aromatic N) is 3. The summed E-state index contributed by atoms with van der Waals surface area (Å²) in [6.07, 6.45) is 1.81. The summed E-state index contributed by atoms with van der Waals surface area (Å²) < 4.78 is 5.89. The molecule has 0 aliphatic carbocycles. The van der Waals surface area contributed by atoms with E-state index in [4.69, 9.17) is 0 Å². The molecular weight excluding hydrogens is 260 g/mol. The van der Waals surface area contributed by atoms with Gasteiger partial charge >= 0.3 is 0 Å². The van der Waals surface area contributed by atoms with Crippen LogP contribution in [-0.2, 0) is 0 Å². The fourth-order valence-electron chi connectivity index (χ4n) is 1.89. The van der Waals surface area contributed by atoms with E-state index >= 15 is 0 Å². The van der Waals surface area contributed by atoms with Crippen LogP contribution >= 0.6 is 11.5 Å². The van der Waals surface area contributed by atoms with E-state index in [0.717, 1.165) is 21.8 Å². The van der Waals surface area contributed by atoms with Gasteiger partial charge < -0.3 is 5.32 Å². The first-order chi connectivity index (χ1) is 9.15. The molecule has 0 bridgehead atoms. The van der Waals surface area contributed by atoms with E-state index in [9.17, 15) is 4.79 Å². The largest absolute Gasteiger partial charge is 0.318 e. The van der Waals surface area contributed by atoms with Crippen LogP contribution in [0.5, 0.6) is 0 Å². The number of carbonyl (C=O) groups is 1. The number of nitrogens with one attached hydrogen (secondary N) is 1. The minimum atomic E-state index is -0.213. The Bertz CT molecular complexity index is 706. The quantitative estimate of drug-likeness (QED) is 0.780. The van der Waals surface area contributed by atoms with E-state index in [-0.39, 0.29) is 5.91 Å². The number of aromatic nitrogens is 3. The lowest BCUT2D eigenvalue weighted by molar-refractivity contribution is 0.102. The molecule has 19 heavy (non-hydrogen) atoms. The summed E-state index contributed by atoms with van der Waals surface area (Å²) in [5.41, 5.74) is 2.91. The number of fused-ring (bicyclic) bond motifs is 1. The molecule has 0 aromatic carbocycles. The summed E-state index contributed by atoms with van der Waals surface area (Å²) in [6, 6.07) is 7.46. The number of amides is 1. The third kappa shape index (κ3) is 2.10.